The third-order valence-corrected chi connectivity index (χ3v) is 6.38. The number of carbonyl (C=O) groups is 4. The number of likely N-dealkylation sites (N-methyl/N-ethyl adjacent to an activating group) is 1. The molecule has 2 rings (SSSR count). The average Bonchev–Trinajstić information content (AvgIpc) is 2.82. The molecule has 4 N–H and O–H groups in total. The molecule has 188 valence electrons. The first-order chi connectivity index (χ1) is 16.0. The van der Waals surface area contributed by atoms with Gasteiger partial charge in [0.2, 0.25) is 23.6 Å². The fourth-order valence-corrected chi connectivity index (χ4v) is 3.67. The van der Waals surface area contributed by atoms with E-state index < -0.39 is 53.9 Å². The van der Waals surface area contributed by atoms with Crippen LogP contribution in [-0.4, -0.2) is 78.1 Å². The summed E-state index contributed by atoms with van der Waals surface area (Å²) in [6, 6.07) is 2.88. The summed E-state index contributed by atoms with van der Waals surface area (Å²) in [4.78, 5) is 53.7. The molecule has 1 saturated heterocycles. The number of hydrogen-bond acceptors (Lipinski definition) is 6. The Labute approximate surface area is 200 Å². The first kappa shape index (κ1) is 27.1. The molecule has 0 aromatic heterocycles. The van der Waals surface area contributed by atoms with E-state index in [9.17, 15) is 24.3 Å². The number of rotatable bonds is 6. The Morgan fingerprint density at radius 2 is 1.56 bits per heavy atom. The standard InChI is InChI=1S/C24H36N4O6/c1-7-13(2)19-24(33)28(5)14(3)21(30)25-18(12-16-8-10-17(34-6)11-9-16)22(31)27-20(15(4)29)23(32)26-19/h8-11,13-15,18-20,29H,7,12H2,1-6H3,(H,25,30)(H,26,32)(H,27,31)/t13-,14-,15+,18-,19-,20-/m0/s1. The number of nitrogens with zero attached hydrogens (tertiary/aromatic N) is 1. The van der Waals surface area contributed by atoms with Crippen LogP contribution in [0.25, 0.3) is 0 Å². The van der Waals surface area contributed by atoms with E-state index in [0.29, 0.717) is 12.2 Å². The van der Waals surface area contributed by atoms with Crippen LogP contribution in [0.1, 0.15) is 39.7 Å². The minimum atomic E-state index is -1.30. The summed E-state index contributed by atoms with van der Waals surface area (Å²) in [6.45, 7) is 6.64. The highest BCUT2D eigenvalue weighted by Gasteiger charge is 2.38. The van der Waals surface area contributed by atoms with Gasteiger partial charge >= 0.3 is 0 Å². The zero-order chi connectivity index (χ0) is 25.6. The minimum Gasteiger partial charge on any atom is -0.497 e. The minimum absolute atomic E-state index is 0.135. The van der Waals surface area contributed by atoms with Gasteiger partial charge in [-0.2, -0.15) is 0 Å². The highest BCUT2D eigenvalue weighted by atomic mass is 16.5. The summed E-state index contributed by atoms with van der Waals surface area (Å²) in [6.07, 6.45) is -0.496. The van der Waals surface area contributed by atoms with E-state index in [0.717, 1.165) is 5.56 Å². The van der Waals surface area contributed by atoms with Gasteiger partial charge in [-0.3, -0.25) is 19.2 Å². The van der Waals surface area contributed by atoms with Gasteiger partial charge in [0.1, 0.15) is 29.9 Å². The molecule has 4 amide bonds. The van der Waals surface area contributed by atoms with Gasteiger partial charge in [0, 0.05) is 13.5 Å². The number of nitrogens with one attached hydrogen (secondary N) is 3. The molecule has 1 fully saturated rings. The lowest BCUT2D eigenvalue weighted by Gasteiger charge is -2.34. The molecule has 1 aromatic rings. The second-order valence-electron chi connectivity index (χ2n) is 8.84. The summed E-state index contributed by atoms with van der Waals surface area (Å²) >= 11 is 0. The largest absolute Gasteiger partial charge is 0.497 e. The lowest BCUT2D eigenvalue weighted by Crippen LogP contribution is -2.64. The van der Waals surface area contributed by atoms with Gasteiger partial charge in [0.15, 0.2) is 0 Å². The molecule has 10 heteroatoms. The van der Waals surface area contributed by atoms with Gasteiger partial charge in [0.05, 0.1) is 13.2 Å². The molecule has 0 radical (unpaired) electrons. The van der Waals surface area contributed by atoms with Crippen molar-refractivity contribution < 1.29 is 29.0 Å². The van der Waals surface area contributed by atoms with Crippen LogP contribution in [0.3, 0.4) is 0 Å². The fourth-order valence-electron chi connectivity index (χ4n) is 3.67. The van der Waals surface area contributed by atoms with Gasteiger partial charge < -0.3 is 30.7 Å². The van der Waals surface area contributed by atoms with Crippen LogP contribution < -0.4 is 20.7 Å². The summed E-state index contributed by atoms with van der Waals surface area (Å²) in [5.74, 6) is -1.80. The third kappa shape index (κ3) is 6.47. The van der Waals surface area contributed by atoms with E-state index in [1.807, 2.05) is 13.8 Å². The van der Waals surface area contributed by atoms with E-state index >= 15 is 0 Å². The van der Waals surface area contributed by atoms with Crippen molar-refractivity contribution in [2.75, 3.05) is 14.2 Å². The molecular weight excluding hydrogens is 440 g/mol. The molecule has 1 aliphatic heterocycles. The van der Waals surface area contributed by atoms with Crippen LogP contribution >= 0.6 is 0 Å². The molecule has 1 aromatic carbocycles. The van der Waals surface area contributed by atoms with Gasteiger partial charge in [-0.15, -0.1) is 0 Å². The maximum absolute atomic E-state index is 13.2. The van der Waals surface area contributed by atoms with Gasteiger partial charge in [0.25, 0.3) is 0 Å². The van der Waals surface area contributed by atoms with E-state index in [2.05, 4.69) is 16.0 Å². The van der Waals surface area contributed by atoms with Crippen LogP contribution in [-0.2, 0) is 25.6 Å². The topological polar surface area (TPSA) is 137 Å². The van der Waals surface area contributed by atoms with Crippen molar-refractivity contribution in [3.05, 3.63) is 29.8 Å². The predicted octanol–water partition coefficient (Wildman–Crippen LogP) is -0.0205. The molecule has 0 bridgehead atoms. The van der Waals surface area contributed by atoms with Crippen molar-refractivity contribution in [2.24, 2.45) is 5.92 Å². The van der Waals surface area contributed by atoms with Crippen molar-refractivity contribution in [3.8, 4) is 5.75 Å². The van der Waals surface area contributed by atoms with Crippen LogP contribution in [0.2, 0.25) is 0 Å². The second kappa shape index (κ2) is 11.8. The van der Waals surface area contributed by atoms with Crippen molar-refractivity contribution >= 4 is 23.6 Å². The van der Waals surface area contributed by atoms with Crippen molar-refractivity contribution in [1.29, 1.82) is 0 Å². The number of ether oxygens (including phenoxy) is 1. The zero-order valence-corrected chi connectivity index (χ0v) is 20.6. The average molecular weight is 477 g/mol. The Hall–Kier alpha value is -3.14. The molecular formula is C24H36N4O6. The molecule has 6 atom stereocenters. The molecule has 34 heavy (non-hydrogen) atoms. The first-order valence-corrected chi connectivity index (χ1v) is 11.5. The number of aliphatic hydroxyl groups excluding tert-OH is 1. The summed E-state index contributed by atoms with van der Waals surface area (Å²) in [7, 11) is 3.03. The Morgan fingerprint density at radius 1 is 0.971 bits per heavy atom. The summed E-state index contributed by atoms with van der Waals surface area (Å²) in [5.41, 5.74) is 0.750. The smallest absolute Gasteiger partial charge is 0.245 e. The zero-order valence-electron chi connectivity index (χ0n) is 20.6. The van der Waals surface area contributed by atoms with Gasteiger partial charge in [-0.25, -0.2) is 0 Å². The maximum atomic E-state index is 13.2. The number of carbonyl (C=O) groups excluding carboxylic acids is 4. The van der Waals surface area contributed by atoms with Crippen molar-refractivity contribution in [2.45, 2.75) is 70.8 Å². The molecule has 1 aliphatic rings. The maximum Gasteiger partial charge on any atom is 0.245 e. The highest BCUT2D eigenvalue weighted by molar-refractivity contribution is 5.97. The van der Waals surface area contributed by atoms with Crippen molar-refractivity contribution in [3.63, 3.8) is 0 Å². The number of amides is 4. The quantitative estimate of drug-likeness (QED) is 0.455. The highest BCUT2D eigenvalue weighted by Crippen LogP contribution is 2.16. The van der Waals surface area contributed by atoms with Crippen molar-refractivity contribution in [1.82, 2.24) is 20.9 Å². The lowest BCUT2D eigenvalue weighted by atomic mass is 9.96. The molecule has 10 nitrogen and oxygen atoms in total. The summed E-state index contributed by atoms with van der Waals surface area (Å²) in [5, 5.41) is 18.2. The number of benzene rings is 1. The van der Waals surface area contributed by atoms with Crippen LogP contribution in [0.5, 0.6) is 5.75 Å². The van der Waals surface area contributed by atoms with Crippen LogP contribution in [0.4, 0.5) is 0 Å². The van der Waals surface area contributed by atoms with Gasteiger partial charge in [-0.1, -0.05) is 32.4 Å². The number of methoxy groups -OCH3 is 1. The van der Waals surface area contributed by atoms with E-state index in [-0.39, 0.29) is 12.3 Å². The Bertz CT molecular complexity index is 888. The first-order valence-electron chi connectivity index (χ1n) is 11.5. The fraction of sp³-hybridized carbons (Fsp3) is 0.583. The Balaban J connectivity index is 2.42. The molecule has 0 unspecified atom stereocenters. The number of hydrogen-bond donors (Lipinski definition) is 4. The Kier molecular flexibility index (Phi) is 9.43. The van der Waals surface area contributed by atoms with Crippen LogP contribution in [0, 0.1) is 5.92 Å². The van der Waals surface area contributed by atoms with E-state index in [1.165, 1.54) is 18.9 Å². The SMILES string of the molecule is CC[C@H](C)[C@@H]1NC(=O)[C@H]([C@@H](C)O)NC(=O)[C@H](Cc2ccc(OC)cc2)NC(=O)[C@H](C)N(C)C1=O. The third-order valence-electron chi connectivity index (χ3n) is 6.38. The predicted molar refractivity (Wildman–Crippen MR) is 126 cm³/mol. The van der Waals surface area contributed by atoms with E-state index in [4.69, 9.17) is 4.74 Å². The lowest BCUT2D eigenvalue weighted by molar-refractivity contribution is -0.145. The molecule has 1 heterocycles. The van der Waals surface area contributed by atoms with Gasteiger partial charge in [-0.05, 0) is 37.5 Å². The molecule has 0 saturated carbocycles. The Morgan fingerprint density at radius 3 is 2.09 bits per heavy atom. The van der Waals surface area contributed by atoms with Crippen LogP contribution in [0.15, 0.2) is 24.3 Å². The molecule has 0 aliphatic carbocycles. The summed E-state index contributed by atoms with van der Waals surface area (Å²) < 4.78 is 5.15. The monoisotopic (exact) mass is 476 g/mol. The second-order valence-corrected chi connectivity index (χ2v) is 8.84. The normalized spacial score (nSPS) is 26.4. The molecule has 0 spiro atoms. The number of aliphatic hydroxyl groups is 1. The van der Waals surface area contributed by atoms with E-state index in [1.54, 1.807) is 38.3 Å².